The first-order valence-corrected chi connectivity index (χ1v) is 7.98. The van der Waals surface area contributed by atoms with Crippen molar-refractivity contribution in [2.75, 3.05) is 0 Å². The summed E-state index contributed by atoms with van der Waals surface area (Å²) >= 11 is 16.0. The highest BCUT2D eigenvalue weighted by atomic mass is 79.9. The molecular weight excluding hydrogens is 335 g/mol. The van der Waals surface area contributed by atoms with E-state index in [9.17, 15) is 0 Å². The van der Waals surface area contributed by atoms with Gasteiger partial charge in [0, 0.05) is 21.7 Å². The second-order valence-electron chi connectivity index (χ2n) is 5.32. The zero-order chi connectivity index (χ0) is 12.8. The van der Waals surface area contributed by atoms with Gasteiger partial charge in [-0.3, -0.25) is 0 Å². The van der Waals surface area contributed by atoms with Crippen LogP contribution < -0.4 is 4.74 Å². The largest absolute Gasteiger partial charge is 0.488 e. The van der Waals surface area contributed by atoms with Crippen LogP contribution >= 0.6 is 39.1 Å². The van der Waals surface area contributed by atoms with E-state index in [-0.39, 0.29) is 16.9 Å². The molecule has 1 aromatic rings. The molecule has 1 spiro atoms. The van der Waals surface area contributed by atoms with Crippen molar-refractivity contribution < 1.29 is 4.74 Å². The number of halogens is 3. The molecule has 0 saturated heterocycles. The zero-order valence-corrected chi connectivity index (χ0v) is 13.1. The molecule has 0 aliphatic heterocycles. The van der Waals surface area contributed by atoms with E-state index in [0.29, 0.717) is 5.02 Å². The summed E-state index contributed by atoms with van der Waals surface area (Å²) < 4.78 is 7.11. The molecule has 2 atom stereocenters. The van der Waals surface area contributed by atoms with Crippen molar-refractivity contribution in [3.05, 3.63) is 27.7 Å². The first-order chi connectivity index (χ1) is 8.62. The van der Waals surface area contributed by atoms with Gasteiger partial charge in [-0.2, -0.15) is 0 Å². The molecule has 0 amide bonds. The maximum Gasteiger partial charge on any atom is 0.139 e. The maximum absolute atomic E-state index is 6.42. The molecule has 1 nitrogen and oxygen atoms in total. The van der Waals surface area contributed by atoms with Gasteiger partial charge in [0.2, 0.25) is 0 Å². The summed E-state index contributed by atoms with van der Waals surface area (Å²) in [5.41, 5.74) is 0.202. The Labute approximate surface area is 126 Å². The van der Waals surface area contributed by atoms with E-state index in [1.807, 2.05) is 18.2 Å². The fourth-order valence-electron chi connectivity index (χ4n) is 3.25. The lowest BCUT2D eigenvalue weighted by Crippen LogP contribution is -2.55. The molecule has 0 aromatic heterocycles. The fraction of sp³-hybridized carbons (Fsp3) is 0.571. The molecule has 2 aliphatic carbocycles. The van der Waals surface area contributed by atoms with Crippen LogP contribution in [-0.2, 0) is 0 Å². The molecule has 2 fully saturated rings. The summed E-state index contributed by atoms with van der Waals surface area (Å²) in [7, 11) is 0. The predicted molar refractivity (Wildman–Crippen MR) is 78.7 cm³/mol. The quantitative estimate of drug-likeness (QED) is 0.647. The molecule has 2 saturated carbocycles. The van der Waals surface area contributed by atoms with E-state index in [2.05, 4.69) is 15.9 Å². The number of alkyl halides is 1. The van der Waals surface area contributed by atoms with E-state index in [1.54, 1.807) is 0 Å². The van der Waals surface area contributed by atoms with Crippen LogP contribution in [0.5, 0.6) is 5.75 Å². The Kier molecular flexibility index (Phi) is 3.55. The molecule has 0 N–H and O–H groups in total. The average Bonchev–Trinajstić information content (AvgIpc) is 2.85. The lowest BCUT2D eigenvalue weighted by atomic mass is 9.64. The van der Waals surface area contributed by atoms with Crippen LogP contribution in [0.3, 0.4) is 0 Å². The van der Waals surface area contributed by atoms with Crippen LogP contribution in [0, 0.1) is 5.41 Å². The Balaban J connectivity index is 1.79. The highest BCUT2D eigenvalue weighted by Gasteiger charge is 2.57. The third kappa shape index (κ3) is 2.07. The van der Waals surface area contributed by atoms with E-state index in [0.717, 1.165) is 16.6 Å². The second kappa shape index (κ2) is 4.88. The van der Waals surface area contributed by atoms with Gasteiger partial charge < -0.3 is 4.74 Å². The van der Waals surface area contributed by atoms with Gasteiger partial charge in [-0.25, -0.2) is 0 Å². The van der Waals surface area contributed by atoms with Gasteiger partial charge >= 0.3 is 0 Å². The van der Waals surface area contributed by atoms with Crippen molar-refractivity contribution in [2.45, 2.75) is 43.6 Å². The first kappa shape index (κ1) is 13.1. The highest BCUT2D eigenvalue weighted by Crippen LogP contribution is 2.57. The SMILES string of the molecule is Clc1ccc(Br)cc1OC1CC(Cl)C12CCCC2. The van der Waals surface area contributed by atoms with Crippen molar-refractivity contribution >= 4 is 39.1 Å². The van der Waals surface area contributed by atoms with E-state index in [1.165, 1.54) is 25.7 Å². The minimum Gasteiger partial charge on any atom is -0.488 e. The van der Waals surface area contributed by atoms with Gasteiger partial charge in [-0.05, 0) is 31.0 Å². The summed E-state index contributed by atoms with van der Waals surface area (Å²) in [6.45, 7) is 0. The van der Waals surface area contributed by atoms with E-state index < -0.39 is 0 Å². The Bertz CT molecular complexity index is 457. The molecule has 3 rings (SSSR count). The summed E-state index contributed by atoms with van der Waals surface area (Å²) in [5.74, 6) is 0.769. The molecule has 4 heteroatoms. The van der Waals surface area contributed by atoms with Crippen molar-refractivity contribution in [2.24, 2.45) is 5.41 Å². The van der Waals surface area contributed by atoms with E-state index in [4.69, 9.17) is 27.9 Å². The third-order valence-electron chi connectivity index (χ3n) is 4.38. The molecule has 0 heterocycles. The third-order valence-corrected chi connectivity index (χ3v) is 5.80. The standard InChI is InChI=1S/C14H15BrCl2O/c15-9-3-4-10(16)11(7-9)18-13-8-12(17)14(13)5-1-2-6-14/h3-4,7,12-13H,1-2,5-6,8H2. The highest BCUT2D eigenvalue weighted by molar-refractivity contribution is 9.10. The van der Waals surface area contributed by atoms with Crippen molar-refractivity contribution in [1.82, 2.24) is 0 Å². The molecular formula is C14H15BrCl2O. The van der Waals surface area contributed by atoms with Crippen LogP contribution in [0.2, 0.25) is 5.02 Å². The van der Waals surface area contributed by atoms with Crippen LogP contribution in [0.1, 0.15) is 32.1 Å². The molecule has 18 heavy (non-hydrogen) atoms. The minimum atomic E-state index is 0.202. The van der Waals surface area contributed by atoms with Gasteiger partial charge in [-0.15, -0.1) is 11.6 Å². The van der Waals surface area contributed by atoms with Gasteiger partial charge in [0.05, 0.1) is 5.02 Å². The summed E-state index contributed by atoms with van der Waals surface area (Å²) in [4.78, 5) is 0. The summed E-state index contributed by atoms with van der Waals surface area (Å²) in [6, 6.07) is 5.72. The molecule has 1 aromatic carbocycles. The van der Waals surface area contributed by atoms with Gasteiger partial charge in [0.15, 0.2) is 0 Å². The van der Waals surface area contributed by atoms with Gasteiger partial charge in [-0.1, -0.05) is 40.4 Å². The number of hydrogen-bond donors (Lipinski definition) is 0. The number of ether oxygens (including phenoxy) is 1. The Morgan fingerprint density at radius 2 is 2.00 bits per heavy atom. The Hall–Kier alpha value is 0.0800. The second-order valence-corrected chi connectivity index (χ2v) is 7.17. The number of rotatable bonds is 2. The van der Waals surface area contributed by atoms with Crippen LogP contribution in [-0.4, -0.2) is 11.5 Å². The van der Waals surface area contributed by atoms with Crippen molar-refractivity contribution in [3.8, 4) is 5.75 Å². The predicted octanol–water partition coefficient (Wildman–Crippen LogP) is 5.42. The van der Waals surface area contributed by atoms with Gasteiger partial charge in [0.1, 0.15) is 11.9 Å². The average molecular weight is 350 g/mol. The van der Waals surface area contributed by atoms with Crippen LogP contribution in [0.15, 0.2) is 22.7 Å². The van der Waals surface area contributed by atoms with E-state index >= 15 is 0 Å². The zero-order valence-electron chi connectivity index (χ0n) is 9.96. The molecule has 0 radical (unpaired) electrons. The Morgan fingerprint density at radius 1 is 1.28 bits per heavy atom. The van der Waals surface area contributed by atoms with Crippen LogP contribution in [0.25, 0.3) is 0 Å². The number of hydrogen-bond acceptors (Lipinski definition) is 1. The summed E-state index contributed by atoms with van der Waals surface area (Å²) in [5, 5.41) is 0.945. The van der Waals surface area contributed by atoms with Crippen LogP contribution in [0.4, 0.5) is 0 Å². The summed E-state index contributed by atoms with van der Waals surface area (Å²) in [6.07, 6.45) is 6.10. The Morgan fingerprint density at radius 3 is 2.67 bits per heavy atom. The molecule has 0 bridgehead atoms. The molecule has 2 unspecified atom stereocenters. The lowest BCUT2D eigenvalue weighted by Gasteiger charge is -2.51. The first-order valence-electron chi connectivity index (χ1n) is 6.37. The number of benzene rings is 1. The molecule has 2 aliphatic rings. The molecule has 98 valence electrons. The van der Waals surface area contributed by atoms with Crippen molar-refractivity contribution in [3.63, 3.8) is 0 Å². The minimum absolute atomic E-state index is 0.202. The topological polar surface area (TPSA) is 9.23 Å². The van der Waals surface area contributed by atoms with Crippen molar-refractivity contribution in [1.29, 1.82) is 0 Å². The normalized spacial score (nSPS) is 29.3. The maximum atomic E-state index is 6.42. The lowest BCUT2D eigenvalue weighted by molar-refractivity contribution is -0.0355. The van der Waals surface area contributed by atoms with Gasteiger partial charge in [0.25, 0.3) is 0 Å². The monoisotopic (exact) mass is 348 g/mol. The fourth-order valence-corrected chi connectivity index (χ4v) is 4.28. The smallest absolute Gasteiger partial charge is 0.139 e.